The van der Waals surface area contributed by atoms with Gasteiger partial charge in [-0.1, -0.05) is 30.3 Å². The second-order valence-electron chi connectivity index (χ2n) is 6.60. The number of hydrogen-bond acceptors (Lipinski definition) is 5. The lowest BCUT2D eigenvalue weighted by Crippen LogP contribution is -2.04. The van der Waals surface area contributed by atoms with Crippen LogP contribution in [0, 0.1) is 20.8 Å². The molecule has 134 valence electrons. The maximum atomic E-state index is 4.64. The van der Waals surface area contributed by atoms with Crippen LogP contribution in [0.1, 0.15) is 16.8 Å². The summed E-state index contributed by atoms with van der Waals surface area (Å²) in [5.74, 6) is 1.30. The first-order valence-electron chi connectivity index (χ1n) is 8.90. The molecule has 0 aliphatic rings. The van der Waals surface area contributed by atoms with Gasteiger partial charge in [0.2, 0.25) is 5.95 Å². The molecule has 0 aliphatic carbocycles. The van der Waals surface area contributed by atoms with Crippen molar-refractivity contribution in [1.82, 2.24) is 15.0 Å². The molecule has 0 unspecified atom stereocenters. The Morgan fingerprint density at radius 3 is 2.44 bits per heavy atom. The van der Waals surface area contributed by atoms with E-state index in [4.69, 9.17) is 0 Å². The number of para-hydroxylation sites is 1. The minimum atomic E-state index is 0.543. The van der Waals surface area contributed by atoms with Crippen molar-refractivity contribution in [2.75, 3.05) is 10.6 Å². The van der Waals surface area contributed by atoms with Crippen LogP contribution in [0.25, 0.3) is 10.9 Å². The Balaban J connectivity index is 1.67. The van der Waals surface area contributed by atoms with E-state index in [1.54, 1.807) is 6.20 Å². The second-order valence-corrected chi connectivity index (χ2v) is 6.60. The van der Waals surface area contributed by atoms with Crippen molar-refractivity contribution in [2.45, 2.75) is 20.8 Å². The van der Waals surface area contributed by atoms with Crippen LogP contribution in [0.3, 0.4) is 0 Å². The number of pyridine rings is 1. The van der Waals surface area contributed by atoms with Gasteiger partial charge in [-0.05, 0) is 50.1 Å². The van der Waals surface area contributed by atoms with Gasteiger partial charge in [0.1, 0.15) is 5.82 Å². The summed E-state index contributed by atoms with van der Waals surface area (Å²) in [5, 5.41) is 7.80. The molecule has 4 aromatic rings. The third-order valence-corrected chi connectivity index (χ3v) is 4.60. The largest absolute Gasteiger partial charge is 0.340 e. The number of hydrogen-bond donors (Lipinski definition) is 2. The van der Waals surface area contributed by atoms with Crippen LogP contribution in [0.5, 0.6) is 0 Å². The maximum absolute atomic E-state index is 4.64. The fourth-order valence-electron chi connectivity index (χ4n) is 3.04. The molecule has 0 spiro atoms. The van der Waals surface area contributed by atoms with Crippen LogP contribution in [0.4, 0.5) is 23.1 Å². The quantitative estimate of drug-likeness (QED) is 0.510. The number of rotatable bonds is 4. The molecule has 0 aliphatic heterocycles. The zero-order chi connectivity index (χ0) is 18.8. The summed E-state index contributed by atoms with van der Waals surface area (Å²) in [6, 6.07) is 18.1. The van der Waals surface area contributed by atoms with E-state index in [2.05, 4.69) is 51.6 Å². The van der Waals surface area contributed by atoms with Gasteiger partial charge < -0.3 is 10.6 Å². The van der Waals surface area contributed by atoms with E-state index >= 15 is 0 Å². The van der Waals surface area contributed by atoms with Crippen LogP contribution in [0.15, 0.2) is 60.8 Å². The fraction of sp³-hybridized carbons (Fsp3) is 0.136. The molecule has 0 radical (unpaired) electrons. The van der Waals surface area contributed by atoms with E-state index in [1.165, 1.54) is 11.1 Å². The highest BCUT2D eigenvalue weighted by atomic mass is 15.1. The molecule has 0 fully saturated rings. The number of aromatic nitrogens is 3. The van der Waals surface area contributed by atoms with Crippen LogP contribution < -0.4 is 10.6 Å². The van der Waals surface area contributed by atoms with Crippen molar-refractivity contribution in [3.05, 3.63) is 77.6 Å². The smallest absolute Gasteiger partial charge is 0.229 e. The van der Waals surface area contributed by atoms with Gasteiger partial charge in [0.25, 0.3) is 0 Å². The van der Waals surface area contributed by atoms with Gasteiger partial charge in [-0.3, -0.25) is 4.98 Å². The first-order chi connectivity index (χ1) is 13.1. The molecular formula is C22H21N5. The van der Waals surface area contributed by atoms with Crippen LogP contribution >= 0.6 is 0 Å². The van der Waals surface area contributed by atoms with Gasteiger partial charge in [0.15, 0.2) is 0 Å². The first kappa shape index (κ1) is 17.0. The molecule has 5 nitrogen and oxygen atoms in total. The van der Waals surface area contributed by atoms with E-state index in [9.17, 15) is 0 Å². The van der Waals surface area contributed by atoms with E-state index in [-0.39, 0.29) is 0 Å². The van der Waals surface area contributed by atoms with Crippen molar-refractivity contribution >= 4 is 34.0 Å². The number of nitrogens with zero attached hydrogens (tertiary/aromatic N) is 3. The summed E-state index contributed by atoms with van der Waals surface area (Å²) in [4.78, 5) is 13.6. The number of nitrogens with one attached hydrogen (secondary N) is 2. The molecule has 0 atom stereocenters. The van der Waals surface area contributed by atoms with Crippen molar-refractivity contribution in [3.8, 4) is 0 Å². The Morgan fingerprint density at radius 1 is 0.778 bits per heavy atom. The molecule has 2 aromatic heterocycles. The third kappa shape index (κ3) is 3.58. The van der Waals surface area contributed by atoms with Gasteiger partial charge in [0.05, 0.1) is 11.2 Å². The lowest BCUT2D eigenvalue weighted by Gasteiger charge is -2.13. The molecule has 0 amide bonds. The Labute approximate surface area is 158 Å². The number of anilines is 4. The van der Waals surface area contributed by atoms with Gasteiger partial charge >= 0.3 is 0 Å². The monoisotopic (exact) mass is 355 g/mol. The highest BCUT2D eigenvalue weighted by Crippen LogP contribution is 2.26. The summed E-state index contributed by atoms with van der Waals surface area (Å²) in [6.07, 6.45) is 1.79. The Morgan fingerprint density at radius 2 is 1.56 bits per heavy atom. The molecular weight excluding hydrogens is 334 g/mol. The van der Waals surface area contributed by atoms with Gasteiger partial charge in [-0.2, -0.15) is 4.98 Å². The lowest BCUT2D eigenvalue weighted by molar-refractivity contribution is 1.11. The second kappa shape index (κ2) is 7.03. The summed E-state index contributed by atoms with van der Waals surface area (Å²) in [6.45, 7) is 6.17. The molecule has 0 saturated heterocycles. The van der Waals surface area contributed by atoms with Crippen molar-refractivity contribution in [1.29, 1.82) is 0 Å². The standard InChI is InChI=1S/C22H21N5/c1-14-7-4-10-18(16(14)3)25-20-13-15(2)24-22(27-20)26-19-11-5-8-17-9-6-12-23-21(17)19/h4-13H,1-3H3,(H2,24,25,26,27). The highest BCUT2D eigenvalue weighted by molar-refractivity contribution is 5.91. The van der Waals surface area contributed by atoms with Gasteiger partial charge in [-0.15, -0.1) is 0 Å². The topological polar surface area (TPSA) is 62.7 Å². The fourth-order valence-corrected chi connectivity index (χ4v) is 3.04. The van der Waals surface area contributed by atoms with Gasteiger partial charge in [0, 0.05) is 29.0 Å². The van der Waals surface area contributed by atoms with Crippen molar-refractivity contribution < 1.29 is 0 Å². The molecule has 2 heterocycles. The van der Waals surface area contributed by atoms with Gasteiger partial charge in [-0.25, -0.2) is 4.98 Å². The molecule has 4 rings (SSSR count). The molecule has 0 saturated carbocycles. The molecule has 5 heteroatoms. The average Bonchev–Trinajstić information content (AvgIpc) is 2.65. The van der Waals surface area contributed by atoms with Crippen LogP contribution in [-0.2, 0) is 0 Å². The summed E-state index contributed by atoms with van der Waals surface area (Å²) >= 11 is 0. The minimum Gasteiger partial charge on any atom is -0.340 e. The van der Waals surface area contributed by atoms with E-state index in [0.717, 1.165) is 33.8 Å². The predicted molar refractivity (Wildman–Crippen MR) is 111 cm³/mol. The number of aryl methyl sites for hydroxylation is 2. The molecule has 27 heavy (non-hydrogen) atoms. The highest BCUT2D eigenvalue weighted by Gasteiger charge is 2.08. The third-order valence-electron chi connectivity index (χ3n) is 4.60. The van der Waals surface area contributed by atoms with E-state index < -0.39 is 0 Å². The van der Waals surface area contributed by atoms with Crippen LogP contribution in [0.2, 0.25) is 0 Å². The molecule has 2 N–H and O–H groups in total. The van der Waals surface area contributed by atoms with Crippen LogP contribution in [-0.4, -0.2) is 15.0 Å². The maximum Gasteiger partial charge on any atom is 0.229 e. The predicted octanol–water partition coefficient (Wildman–Crippen LogP) is 5.44. The van der Waals surface area contributed by atoms with Crippen molar-refractivity contribution in [2.24, 2.45) is 0 Å². The lowest BCUT2D eigenvalue weighted by atomic mass is 10.1. The Bertz CT molecular complexity index is 1120. The SMILES string of the molecule is Cc1cc(Nc2cccc(C)c2C)nc(Nc2cccc3cccnc23)n1. The Hall–Kier alpha value is -3.47. The summed E-state index contributed by atoms with van der Waals surface area (Å²) in [7, 11) is 0. The first-order valence-corrected chi connectivity index (χ1v) is 8.90. The Kier molecular flexibility index (Phi) is 4.42. The molecule has 0 bridgehead atoms. The molecule has 2 aromatic carbocycles. The van der Waals surface area contributed by atoms with Crippen molar-refractivity contribution in [3.63, 3.8) is 0 Å². The van der Waals surface area contributed by atoms with E-state index in [0.29, 0.717) is 5.95 Å². The number of fused-ring (bicyclic) bond motifs is 1. The summed E-state index contributed by atoms with van der Waals surface area (Å²) < 4.78 is 0. The summed E-state index contributed by atoms with van der Waals surface area (Å²) in [5.41, 5.74) is 6.16. The zero-order valence-electron chi connectivity index (χ0n) is 15.6. The number of benzene rings is 2. The minimum absolute atomic E-state index is 0.543. The normalized spacial score (nSPS) is 10.8. The van der Waals surface area contributed by atoms with E-state index in [1.807, 2.05) is 49.4 Å². The zero-order valence-corrected chi connectivity index (χ0v) is 15.6. The average molecular weight is 355 g/mol.